The third-order valence-corrected chi connectivity index (χ3v) is 4.75. The molecule has 7 nitrogen and oxygen atoms in total. The van der Waals surface area contributed by atoms with E-state index in [1.165, 1.54) is 0 Å². The second-order valence-electron chi connectivity index (χ2n) is 6.18. The van der Waals surface area contributed by atoms with Crippen molar-refractivity contribution < 1.29 is 5.11 Å². The van der Waals surface area contributed by atoms with Crippen molar-refractivity contribution in [2.45, 2.75) is 32.4 Å². The number of hydrogen-bond acceptors (Lipinski definition) is 5. The Hall–Kier alpha value is -1.73. The zero-order valence-electron chi connectivity index (χ0n) is 13.5. The number of likely N-dealkylation sites (tertiary alicyclic amines) is 1. The number of aliphatic hydroxyl groups is 1. The fourth-order valence-corrected chi connectivity index (χ4v) is 3.09. The molecular formula is C15H24N6O. The van der Waals surface area contributed by atoms with Crippen molar-refractivity contribution in [1.82, 2.24) is 29.2 Å². The Bertz CT molecular complexity index is 626. The molecule has 0 aromatic carbocycles. The maximum absolute atomic E-state index is 10.5. The SMILES string of the molecule is Cc1nnc(CN2CCC(C(O)c3nccn3C)CC2)n1C. The Kier molecular flexibility index (Phi) is 4.26. The molecule has 0 amide bonds. The smallest absolute Gasteiger partial charge is 0.146 e. The van der Waals surface area contributed by atoms with Crippen molar-refractivity contribution in [3.63, 3.8) is 0 Å². The van der Waals surface area contributed by atoms with Gasteiger partial charge in [0, 0.05) is 26.5 Å². The average molecular weight is 304 g/mol. The van der Waals surface area contributed by atoms with Gasteiger partial charge in [0.15, 0.2) is 0 Å². The first-order valence-electron chi connectivity index (χ1n) is 7.78. The lowest BCUT2D eigenvalue weighted by Crippen LogP contribution is -2.36. The van der Waals surface area contributed by atoms with Crippen molar-refractivity contribution in [2.75, 3.05) is 13.1 Å². The maximum atomic E-state index is 10.5. The van der Waals surface area contributed by atoms with E-state index in [9.17, 15) is 5.11 Å². The molecule has 120 valence electrons. The fourth-order valence-electron chi connectivity index (χ4n) is 3.09. The van der Waals surface area contributed by atoms with Crippen LogP contribution in [-0.4, -0.2) is 47.4 Å². The summed E-state index contributed by atoms with van der Waals surface area (Å²) in [5.41, 5.74) is 0. The molecule has 1 N–H and O–H groups in total. The predicted molar refractivity (Wildman–Crippen MR) is 81.9 cm³/mol. The predicted octanol–water partition coefficient (Wildman–Crippen LogP) is 0.803. The molecule has 3 heterocycles. The van der Waals surface area contributed by atoms with Crippen LogP contribution in [0.3, 0.4) is 0 Å². The summed E-state index contributed by atoms with van der Waals surface area (Å²) in [6, 6.07) is 0. The van der Waals surface area contributed by atoms with Crippen LogP contribution in [-0.2, 0) is 20.6 Å². The van der Waals surface area contributed by atoms with Crippen LogP contribution in [0.2, 0.25) is 0 Å². The number of aromatic nitrogens is 5. The lowest BCUT2D eigenvalue weighted by molar-refractivity contribution is 0.0483. The van der Waals surface area contributed by atoms with Crippen molar-refractivity contribution in [3.05, 3.63) is 29.9 Å². The highest BCUT2D eigenvalue weighted by atomic mass is 16.3. The van der Waals surface area contributed by atoms with Crippen molar-refractivity contribution in [3.8, 4) is 0 Å². The van der Waals surface area contributed by atoms with Crippen molar-refractivity contribution >= 4 is 0 Å². The topological polar surface area (TPSA) is 72.0 Å². The summed E-state index contributed by atoms with van der Waals surface area (Å²) in [5.74, 6) is 2.98. The van der Waals surface area contributed by atoms with Gasteiger partial charge >= 0.3 is 0 Å². The van der Waals surface area contributed by atoms with Gasteiger partial charge < -0.3 is 14.2 Å². The molecule has 1 fully saturated rings. The molecule has 1 atom stereocenters. The third kappa shape index (κ3) is 2.91. The van der Waals surface area contributed by atoms with Crippen molar-refractivity contribution in [1.29, 1.82) is 0 Å². The highest BCUT2D eigenvalue weighted by molar-refractivity contribution is 4.99. The summed E-state index contributed by atoms with van der Waals surface area (Å²) in [5, 5.41) is 18.8. The van der Waals surface area contributed by atoms with Crippen molar-refractivity contribution in [2.24, 2.45) is 20.0 Å². The quantitative estimate of drug-likeness (QED) is 0.905. The first-order valence-corrected chi connectivity index (χ1v) is 7.78. The molecular weight excluding hydrogens is 280 g/mol. The molecule has 1 aliphatic heterocycles. The Morgan fingerprint density at radius 3 is 2.55 bits per heavy atom. The van der Waals surface area contributed by atoms with Crippen LogP contribution in [0.15, 0.2) is 12.4 Å². The molecule has 1 aliphatic rings. The van der Waals surface area contributed by atoms with Gasteiger partial charge in [-0.2, -0.15) is 0 Å². The minimum absolute atomic E-state index is 0.276. The summed E-state index contributed by atoms with van der Waals surface area (Å²) >= 11 is 0. The summed E-state index contributed by atoms with van der Waals surface area (Å²) in [6.45, 7) is 4.73. The van der Waals surface area contributed by atoms with E-state index in [0.29, 0.717) is 0 Å². The van der Waals surface area contributed by atoms with Gasteiger partial charge in [0.05, 0.1) is 6.54 Å². The lowest BCUT2D eigenvalue weighted by atomic mass is 9.90. The molecule has 22 heavy (non-hydrogen) atoms. The Morgan fingerprint density at radius 1 is 1.27 bits per heavy atom. The van der Waals surface area contributed by atoms with Crippen LogP contribution in [0.5, 0.6) is 0 Å². The molecule has 0 saturated carbocycles. The standard InChI is InChI=1S/C15H24N6O/c1-11-17-18-13(20(11)3)10-21-7-4-12(5-8-21)14(22)15-16-6-9-19(15)2/h6,9,12,14,22H,4-5,7-8,10H2,1-3H3. The first-order chi connectivity index (χ1) is 10.6. The molecule has 2 aromatic rings. The zero-order chi connectivity index (χ0) is 15.7. The van der Waals surface area contributed by atoms with Gasteiger partial charge in [0.2, 0.25) is 0 Å². The fraction of sp³-hybridized carbons (Fsp3) is 0.667. The number of hydrogen-bond donors (Lipinski definition) is 1. The van der Waals surface area contributed by atoms with E-state index in [1.807, 2.05) is 36.4 Å². The zero-order valence-corrected chi connectivity index (χ0v) is 13.5. The summed E-state index contributed by atoms with van der Waals surface area (Å²) < 4.78 is 3.94. The van der Waals surface area contributed by atoms with Crippen LogP contribution in [0, 0.1) is 12.8 Å². The van der Waals surface area contributed by atoms with E-state index >= 15 is 0 Å². The molecule has 1 saturated heterocycles. The second kappa shape index (κ2) is 6.18. The summed E-state index contributed by atoms with van der Waals surface area (Å²) in [6.07, 6.45) is 5.10. The molecule has 7 heteroatoms. The van der Waals surface area contributed by atoms with Crippen LogP contribution in [0.1, 0.15) is 36.4 Å². The van der Waals surface area contributed by atoms with Crippen LogP contribution in [0.25, 0.3) is 0 Å². The van der Waals surface area contributed by atoms with E-state index in [1.54, 1.807) is 6.20 Å². The summed E-state index contributed by atoms with van der Waals surface area (Å²) in [7, 11) is 3.93. The van der Waals surface area contributed by atoms with Gasteiger partial charge in [-0.25, -0.2) is 4.98 Å². The van der Waals surface area contributed by atoms with E-state index in [4.69, 9.17) is 0 Å². The Labute approximate surface area is 130 Å². The van der Waals surface area contributed by atoms with E-state index < -0.39 is 6.10 Å². The van der Waals surface area contributed by atoms with Gasteiger partial charge in [-0.3, -0.25) is 4.90 Å². The normalized spacial score (nSPS) is 18.7. The second-order valence-corrected chi connectivity index (χ2v) is 6.18. The van der Waals surface area contributed by atoms with Crippen LogP contribution >= 0.6 is 0 Å². The maximum Gasteiger partial charge on any atom is 0.146 e. The first kappa shape index (κ1) is 15.2. The molecule has 3 rings (SSSR count). The third-order valence-electron chi connectivity index (χ3n) is 4.75. The van der Waals surface area contributed by atoms with Crippen LogP contribution < -0.4 is 0 Å². The van der Waals surface area contributed by atoms with E-state index in [-0.39, 0.29) is 5.92 Å². The molecule has 0 bridgehead atoms. The monoisotopic (exact) mass is 304 g/mol. The van der Waals surface area contributed by atoms with E-state index in [0.717, 1.165) is 49.9 Å². The molecule has 0 spiro atoms. The minimum Gasteiger partial charge on any atom is -0.385 e. The Balaban J connectivity index is 1.56. The number of nitrogens with zero attached hydrogens (tertiary/aromatic N) is 6. The minimum atomic E-state index is -0.473. The number of piperidine rings is 1. The molecule has 0 radical (unpaired) electrons. The van der Waals surface area contributed by atoms with E-state index in [2.05, 4.69) is 20.1 Å². The van der Waals surface area contributed by atoms with Crippen LogP contribution in [0.4, 0.5) is 0 Å². The van der Waals surface area contributed by atoms with Gasteiger partial charge in [-0.05, 0) is 38.8 Å². The highest BCUT2D eigenvalue weighted by Crippen LogP contribution is 2.30. The summed E-state index contributed by atoms with van der Waals surface area (Å²) in [4.78, 5) is 6.65. The number of aryl methyl sites for hydroxylation is 2. The van der Waals surface area contributed by atoms with Gasteiger partial charge in [-0.15, -0.1) is 10.2 Å². The largest absolute Gasteiger partial charge is 0.385 e. The highest BCUT2D eigenvalue weighted by Gasteiger charge is 2.28. The number of imidazole rings is 1. The van der Waals surface area contributed by atoms with Gasteiger partial charge in [-0.1, -0.05) is 0 Å². The lowest BCUT2D eigenvalue weighted by Gasteiger charge is -2.33. The van der Waals surface area contributed by atoms with Gasteiger partial charge in [0.1, 0.15) is 23.6 Å². The molecule has 2 aromatic heterocycles. The molecule has 1 unspecified atom stereocenters. The Morgan fingerprint density at radius 2 is 2.00 bits per heavy atom. The van der Waals surface area contributed by atoms with Gasteiger partial charge in [0.25, 0.3) is 0 Å². The number of aliphatic hydroxyl groups excluding tert-OH is 1. The number of rotatable bonds is 4. The average Bonchev–Trinajstić information content (AvgIpc) is 3.08. The molecule has 0 aliphatic carbocycles.